The fourth-order valence-corrected chi connectivity index (χ4v) is 3.67. The van der Waals surface area contributed by atoms with E-state index in [9.17, 15) is 8.42 Å². The predicted molar refractivity (Wildman–Crippen MR) is 92.3 cm³/mol. The molecule has 22 heavy (non-hydrogen) atoms. The molecular formula is C13H15Br2N3O3S. The van der Waals surface area contributed by atoms with E-state index in [0.29, 0.717) is 26.2 Å². The van der Waals surface area contributed by atoms with Crippen molar-refractivity contribution in [2.24, 2.45) is 0 Å². The fourth-order valence-electron chi connectivity index (χ4n) is 1.93. The molecule has 0 atom stereocenters. The van der Waals surface area contributed by atoms with Crippen LogP contribution in [0.5, 0.6) is 0 Å². The molecule has 0 unspecified atom stereocenters. The summed E-state index contributed by atoms with van der Waals surface area (Å²) >= 11 is 6.25. The van der Waals surface area contributed by atoms with Gasteiger partial charge in [-0.3, -0.25) is 4.55 Å². The third kappa shape index (κ3) is 5.31. The summed E-state index contributed by atoms with van der Waals surface area (Å²) in [6, 6.07) is 3.46. The van der Waals surface area contributed by atoms with Gasteiger partial charge in [-0.2, -0.15) is 8.42 Å². The highest BCUT2D eigenvalue weighted by molar-refractivity contribution is 9.11. The number of halogens is 2. The number of rotatable bonds is 1. The molecule has 0 spiro atoms. The van der Waals surface area contributed by atoms with Crippen LogP contribution in [-0.4, -0.2) is 22.9 Å². The second kappa shape index (κ2) is 7.49. The minimum atomic E-state index is -4.08. The van der Waals surface area contributed by atoms with Crippen molar-refractivity contribution in [1.82, 2.24) is 9.97 Å². The molecule has 1 heterocycles. The zero-order valence-corrected chi connectivity index (χ0v) is 16.1. The number of aryl methyl sites for hydroxylation is 3. The van der Waals surface area contributed by atoms with Crippen molar-refractivity contribution >= 4 is 47.8 Å². The van der Waals surface area contributed by atoms with Crippen molar-refractivity contribution < 1.29 is 13.0 Å². The molecular weight excluding hydrogens is 438 g/mol. The first kappa shape index (κ1) is 19.0. The average molecular weight is 453 g/mol. The molecule has 3 N–H and O–H groups in total. The number of hydrogen-bond donors (Lipinski definition) is 2. The molecule has 0 aliphatic carbocycles. The summed E-state index contributed by atoms with van der Waals surface area (Å²) in [6.45, 7) is 5.22. The molecule has 2 aromatic rings. The van der Waals surface area contributed by atoms with Crippen LogP contribution in [0.15, 0.2) is 32.4 Å². The van der Waals surface area contributed by atoms with Gasteiger partial charge in [0.2, 0.25) is 0 Å². The maximum atomic E-state index is 10.9. The van der Waals surface area contributed by atoms with Gasteiger partial charge in [0.25, 0.3) is 10.1 Å². The molecule has 0 saturated carbocycles. The quantitative estimate of drug-likeness (QED) is 0.641. The van der Waals surface area contributed by atoms with Crippen LogP contribution >= 0.6 is 31.9 Å². The van der Waals surface area contributed by atoms with Gasteiger partial charge in [0.15, 0.2) is 5.82 Å². The lowest BCUT2D eigenvalue weighted by atomic mass is 10.1. The molecule has 0 amide bonds. The van der Waals surface area contributed by atoms with Crippen LogP contribution < -0.4 is 5.73 Å². The van der Waals surface area contributed by atoms with Gasteiger partial charge in [0.1, 0.15) is 9.21 Å². The second-order valence-electron chi connectivity index (χ2n) is 4.57. The Bertz CT molecular complexity index is 772. The maximum Gasteiger partial charge on any atom is 0.295 e. The summed E-state index contributed by atoms with van der Waals surface area (Å²) in [5.41, 5.74) is 7.50. The summed E-state index contributed by atoms with van der Waals surface area (Å²) in [5.74, 6) is 0.401. The van der Waals surface area contributed by atoms with Crippen LogP contribution in [0.4, 0.5) is 5.82 Å². The Balaban J connectivity index is 0.000000235. The average Bonchev–Trinajstić information content (AvgIpc) is 2.31. The second-order valence-corrected chi connectivity index (χ2v) is 7.49. The minimum Gasteiger partial charge on any atom is -0.381 e. The molecule has 0 saturated heterocycles. The van der Waals surface area contributed by atoms with Crippen molar-refractivity contribution in [3.05, 3.63) is 44.2 Å². The number of benzene rings is 1. The topological polar surface area (TPSA) is 106 Å². The molecule has 0 aliphatic heterocycles. The van der Waals surface area contributed by atoms with Gasteiger partial charge < -0.3 is 5.73 Å². The minimum absolute atomic E-state index is 0.0260. The zero-order chi connectivity index (χ0) is 17.1. The third-order valence-electron chi connectivity index (χ3n) is 2.59. The molecule has 0 radical (unpaired) electrons. The van der Waals surface area contributed by atoms with E-state index in [-0.39, 0.29) is 4.90 Å². The van der Waals surface area contributed by atoms with Gasteiger partial charge in [-0.05, 0) is 63.8 Å². The van der Waals surface area contributed by atoms with Crippen LogP contribution in [0, 0.1) is 20.8 Å². The van der Waals surface area contributed by atoms with Crippen LogP contribution in [0.25, 0.3) is 0 Å². The number of nitrogens with two attached hydrogens (primary N) is 1. The highest BCUT2D eigenvalue weighted by Gasteiger charge is 2.15. The summed E-state index contributed by atoms with van der Waals surface area (Å²) in [7, 11) is -4.08. The van der Waals surface area contributed by atoms with Crippen molar-refractivity contribution in [1.29, 1.82) is 0 Å². The Morgan fingerprint density at radius 3 is 2.00 bits per heavy atom. The number of nitrogen functional groups attached to an aromatic ring is 1. The first-order valence-corrected chi connectivity index (χ1v) is 9.04. The fraction of sp³-hybridized carbons (Fsp3) is 0.231. The standard InChI is InChI=1S/C9H12O3S.C4H3Br2N3/c1-6-4-7(2)9(8(3)5-6)13(10,11)12;5-2-1-8-4(7)3(6)9-2/h4-5H,1-3H3,(H,10,11,12);1H,(H2,7,8). The zero-order valence-electron chi connectivity index (χ0n) is 12.1. The molecule has 0 aliphatic rings. The first-order chi connectivity index (χ1) is 10.0. The summed E-state index contributed by atoms with van der Waals surface area (Å²) in [5, 5.41) is 0. The van der Waals surface area contributed by atoms with E-state index in [1.165, 1.54) is 0 Å². The Labute approximate surface area is 146 Å². The van der Waals surface area contributed by atoms with Gasteiger partial charge in [-0.1, -0.05) is 17.7 Å². The Hall–Kier alpha value is -1.03. The number of hydrogen-bond acceptors (Lipinski definition) is 5. The van der Waals surface area contributed by atoms with E-state index in [2.05, 4.69) is 41.8 Å². The molecule has 0 fully saturated rings. The SMILES string of the molecule is Cc1cc(C)c(S(=O)(=O)O)c(C)c1.Nc1ncc(Br)nc1Br. The van der Waals surface area contributed by atoms with E-state index in [1.54, 1.807) is 32.2 Å². The molecule has 1 aromatic heterocycles. The number of anilines is 1. The van der Waals surface area contributed by atoms with Crippen molar-refractivity contribution in [2.75, 3.05) is 5.73 Å². The van der Waals surface area contributed by atoms with E-state index in [1.807, 2.05) is 6.92 Å². The first-order valence-electron chi connectivity index (χ1n) is 6.01. The smallest absolute Gasteiger partial charge is 0.295 e. The van der Waals surface area contributed by atoms with Crippen molar-refractivity contribution in [3.63, 3.8) is 0 Å². The highest BCUT2D eigenvalue weighted by Crippen LogP contribution is 2.21. The molecule has 120 valence electrons. The van der Waals surface area contributed by atoms with Gasteiger partial charge in [-0.25, -0.2) is 9.97 Å². The lowest BCUT2D eigenvalue weighted by molar-refractivity contribution is 0.482. The molecule has 0 bridgehead atoms. The Kier molecular flexibility index (Phi) is 6.48. The molecule has 2 rings (SSSR count). The Morgan fingerprint density at radius 2 is 1.64 bits per heavy atom. The lowest BCUT2D eigenvalue weighted by Gasteiger charge is -2.07. The van der Waals surface area contributed by atoms with E-state index >= 15 is 0 Å². The molecule has 9 heteroatoms. The Morgan fingerprint density at radius 1 is 1.14 bits per heavy atom. The van der Waals surface area contributed by atoms with Crippen molar-refractivity contribution in [2.45, 2.75) is 25.7 Å². The van der Waals surface area contributed by atoms with Gasteiger partial charge >= 0.3 is 0 Å². The van der Waals surface area contributed by atoms with Gasteiger partial charge in [0.05, 0.1) is 11.1 Å². The van der Waals surface area contributed by atoms with E-state index < -0.39 is 10.1 Å². The molecule has 1 aromatic carbocycles. The monoisotopic (exact) mass is 451 g/mol. The van der Waals surface area contributed by atoms with E-state index in [0.717, 1.165) is 5.56 Å². The van der Waals surface area contributed by atoms with E-state index in [4.69, 9.17) is 10.3 Å². The van der Waals surface area contributed by atoms with Crippen molar-refractivity contribution in [3.8, 4) is 0 Å². The van der Waals surface area contributed by atoms with Crippen LogP contribution in [0.2, 0.25) is 0 Å². The van der Waals surface area contributed by atoms with Gasteiger partial charge in [0, 0.05) is 0 Å². The van der Waals surface area contributed by atoms with Crippen LogP contribution in [0.1, 0.15) is 16.7 Å². The third-order valence-corrected chi connectivity index (χ3v) is 4.71. The van der Waals surface area contributed by atoms with Gasteiger partial charge in [-0.15, -0.1) is 0 Å². The summed E-state index contributed by atoms with van der Waals surface area (Å²) < 4.78 is 32.0. The number of nitrogens with zero attached hydrogens (tertiary/aromatic N) is 2. The molecule has 6 nitrogen and oxygen atoms in total. The predicted octanol–water partition coefficient (Wildman–Crippen LogP) is 3.44. The van der Waals surface area contributed by atoms with Crippen LogP contribution in [-0.2, 0) is 10.1 Å². The maximum absolute atomic E-state index is 10.9. The van der Waals surface area contributed by atoms with Crippen LogP contribution in [0.3, 0.4) is 0 Å². The largest absolute Gasteiger partial charge is 0.381 e. The number of aromatic nitrogens is 2. The highest BCUT2D eigenvalue weighted by atomic mass is 79.9. The normalized spacial score (nSPS) is 10.8. The summed E-state index contributed by atoms with van der Waals surface area (Å²) in [6.07, 6.45) is 1.54. The lowest BCUT2D eigenvalue weighted by Crippen LogP contribution is -2.04. The summed E-state index contributed by atoms with van der Waals surface area (Å²) in [4.78, 5) is 7.74.